The standard InChI is InChI=1S/C27H47N5O2/c1-7-8-9-19(6)31-24(20-10-11-20)13-21(23-15-29-32(16(2)3)27(23)31)25(33)28-14-22-17(4)12-18(5)30-26(22)34/h16-20,22,24,27,29H,7-15H2,1-6H3,(H,28,33)(H,30,34). The van der Waals surface area contributed by atoms with Gasteiger partial charge >= 0.3 is 0 Å². The molecule has 4 rings (SSSR count). The molecule has 192 valence electrons. The summed E-state index contributed by atoms with van der Waals surface area (Å²) in [4.78, 5) is 28.9. The molecule has 3 heterocycles. The van der Waals surface area contributed by atoms with Gasteiger partial charge in [-0.1, -0.05) is 26.7 Å². The Labute approximate surface area is 206 Å². The van der Waals surface area contributed by atoms with E-state index >= 15 is 0 Å². The Kier molecular flexibility index (Phi) is 8.05. The molecule has 34 heavy (non-hydrogen) atoms. The van der Waals surface area contributed by atoms with E-state index in [9.17, 15) is 9.59 Å². The number of amides is 2. The van der Waals surface area contributed by atoms with Gasteiger partial charge in [0, 0.05) is 42.8 Å². The Hall–Kier alpha value is -1.44. The fourth-order valence-electron chi connectivity index (χ4n) is 6.54. The van der Waals surface area contributed by atoms with Crippen molar-refractivity contribution in [3.8, 4) is 0 Å². The number of fused-ring (bicyclic) bond motifs is 1. The second-order valence-corrected chi connectivity index (χ2v) is 11.7. The molecule has 1 aliphatic carbocycles. The molecule has 4 aliphatic rings. The number of hydrogen-bond acceptors (Lipinski definition) is 5. The summed E-state index contributed by atoms with van der Waals surface area (Å²) in [5, 5.41) is 8.62. The van der Waals surface area contributed by atoms with Gasteiger partial charge in [0.15, 0.2) is 0 Å². The van der Waals surface area contributed by atoms with Gasteiger partial charge in [-0.3, -0.25) is 14.5 Å². The Morgan fingerprint density at radius 1 is 1.21 bits per heavy atom. The maximum absolute atomic E-state index is 13.6. The van der Waals surface area contributed by atoms with E-state index < -0.39 is 0 Å². The van der Waals surface area contributed by atoms with Gasteiger partial charge in [-0.15, -0.1) is 0 Å². The van der Waals surface area contributed by atoms with Crippen molar-refractivity contribution in [2.45, 2.75) is 117 Å². The predicted molar refractivity (Wildman–Crippen MR) is 136 cm³/mol. The number of unbranched alkanes of at least 4 members (excludes halogenated alkanes) is 1. The van der Waals surface area contributed by atoms with Gasteiger partial charge in [0.05, 0.1) is 5.92 Å². The van der Waals surface area contributed by atoms with E-state index in [0.717, 1.165) is 25.0 Å². The lowest BCUT2D eigenvalue weighted by molar-refractivity contribution is -0.129. The molecule has 7 heteroatoms. The number of rotatable bonds is 9. The Bertz CT molecular complexity index is 792. The van der Waals surface area contributed by atoms with Crippen LogP contribution in [0.3, 0.4) is 0 Å². The van der Waals surface area contributed by atoms with Crippen molar-refractivity contribution in [1.82, 2.24) is 26.0 Å². The average molecular weight is 474 g/mol. The van der Waals surface area contributed by atoms with Gasteiger partial charge in [-0.2, -0.15) is 0 Å². The molecule has 7 nitrogen and oxygen atoms in total. The van der Waals surface area contributed by atoms with Crippen LogP contribution in [0.25, 0.3) is 0 Å². The fraction of sp³-hybridized carbons (Fsp3) is 0.852. The van der Waals surface area contributed by atoms with Crippen molar-refractivity contribution in [2.24, 2.45) is 17.8 Å². The average Bonchev–Trinajstić information content (AvgIpc) is 3.53. The molecule has 0 spiro atoms. The Morgan fingerprint density at radius 3 is 2.56 bits per heavy atom. The molecule has 2 saturated heterocycles. The second kappa shape index (κ2) is 10.7. The fourth-order valence-corrected chi connectivity index (χ4v) is 6.54. The zero-order valence-electron chi connectivity index (χ0n) is 22.2. The summed E-state index contributed by atoms with van der Waals surface area (Å²) >= 11 is 0. The molecule has 6 atom stereocenters. The molecule has 0 bridgehead atoms. The number of piperidine rings is 1. The van der Waals surface area contributed by atoms with Gasteiger partial charge in [0.2, 0.25) is 11.8 Å². The largest absolute Gasteiger partial charge is 0.353 e. The zero-order valence-corrected chi connectivity index (χ0v) is 22.2. The molecular formula is C27H47N5O2. The number of hydrogen-bond donors (Lipinski definition) is 3. The number of nitrogens with one attached hydrogen (secondary N) is 3. The topological polar surface area (TPSA) is 76.7 Å². The minimum absolute atomic E-state index is 0.0394. The Morgan fingerprint density at radius 2 is 1.94 bits per heavy atom. The van der Waals surface area contributed by atoms with E-state index in [4.69, 9.17) is 0 Å². The van der Waals surface area contributed by atoms with E-state index in [-0.39, 0.29) is 35.9 Å². The summed E-state index contributed by atoms with van der Waals surface area (Å²) in [6.45, 7) is 14.4. The maximum Gasteiger partial charge on any atom is 0.247 e. The second-order valence-electron chi connectivity index (χ2n) is 11.7. The van der Waals surface area contributed by atoms with E-state index in [1.807, 2.05) is 0 Å². The summed E-state index contributed by atoms with van der Waals surface area (Å²) in [5.41, 5.74) is 5.82. The van der Waals surface area contributed by atoms with Gasteiger partial charge in [-0.05, 0) is 77.2 Å². The molecular weight excluding hydrogens is 426 g/mol. The van der Waals surface area contributed by atoms with Gasteiger partial charge < -0.3 is 10.6 Å². The van der Waals surface area contributed by atoms with E-state index in [1.165, 1.54) is 37.7 Å². The van der Waals surface area contributed by atoms with Crippen molar-refractivity contribution >= 4 is 11.8 Å². The first-order valence-electron chi connectivity index (χ1n) is 13.8. The van der Waals surface area contributed by atoms with Crippen LogP contribution in [0.1, 0.15) is 86.5 Å². The molecule has 6 unspecified atom stereocenters. The van der Waals surface area contributed by atoms with Crippen molar-refractivity contribution < 1.29 is 9.59 Å². The SMILES string of the molecule is CCCCC(C)N1C(C2CC2)CC(C(=O)NCC2C(=O)NC(C)CC2C)=C2CNN(C(C)C)C21. The highest BCUT2D eigenvalue weighted by molar-refractivity contribution is 5.95. The van der Waals surface area contributed by atoms with Crippen LogP contribution in [0, 0.1) is 17.8 Å². The Balaban J connectivity index is 1.57. The van der Waals surface area contributed by atoms with Crippen LogP contribution >= 0.6 is 0 Å². The molecule has 3 aliphatic heterocycles. The highest BCUT2D eigenvalue weighted by Gasteiger charge is 2.50. The van der Waals surface area contributed by atoms with Crippen LogP contribution in [0.15, 0.2) is 11.1 Å². The molecule has 2 amide bonds. The molecule has 0 radical (unpaired) electrons. The van der Waals surface area contributed by atoms with Crippen LogP contribution in [0.4, 0.5) is 0 Å². The lowest BCUT2D eigenvalue weighted by atomic mass is 9.83. The number of carbonyl (C=O) groups excluding carboxylic acids is 2. The monoisotopic (exact) mass is 473 g/mol. The molecule has 0 aromatic rings. The maximum atomic E-state index is 13.6. The van der Waals surface area contributed by atoms with E-state index in [0.29, 0.717) is 30.6 Å². The molecule has 3 fully saturated rings. The van der Waals surface area contributed by atoms with Gasteiger partial charge in [0.1, 0.15) is 6.17 Å². The summed E-state index contributed by atoms with van der Waals surface area (Å²) in [6.07, 6.45) is 8.13. The van der Waals surface area contributed by atoms with Gasteiger partial charge in [-0.25, -0.2) is 10.4 Å². The highest BCUT2D eigenvalue weighted by Crippen LogP contribution is 2.45. The van der Waals surface area contributed by atoms with Crippen molar-refractivity contribution in [3.05, 3.63) is 11.1 Å². The molecule has 0 aromatic carbocycles. The lowest BCUT2D eigenvalue weighted by Gasteiger charge is -2.48. The van der Waals surface area contributed by atoms with E-state index in [2.05, 4.69) is 67.5 Å². The summed E-state index contributed by atoms with van der Waals surface area (Å²) < 4.78 is 0. The first-order chi connectivity index (χ1) is 16.2. The number of hydrazine groups is 1. The lowest BCUT2D eigenvalue weighted by Crippen LogP contribution is -2.60. The predicted octanol–water partition coefficient (Wildman–Crippen LogP) is 3.18. The van der Waals surface area contributed by atoms with Crippen LogP contribution in [0.2, 0.25) is 0 Å². The number of nitrogens with zero attached hydrogens (tertiary/aromatic N) is 2. The third kappa shape index (κ3) is 5.21. The molecule has 0 aromatic heterocycles. The van der Waals surface area contributed by atoms with Crippen LogP contribution in [-0.4, -0.2) is 65.1 Å². The summed E-state index contributed by atoms with van der Waals surface area (Å²) in [6, 6.07) is 1.47. The van der Waals surface area contributed by atoms with Crippen molar-refractivity contribution in [3.63, 3.8) is 0 Å². The molecule has 3 N–H and O–H groups in total. The van der Waals surface area contributed by atoms with Crippen molar-refractivity contribution in [2.75, 3.05) is 13.1 Å². The quantitative estimate of drug-likeness (QED) is 0.480. The smallest absolute Gasteiger partial charge is 0.247 e. The van der Waals surface area contributed by atoms with E-state index in [1.54, 1.807) is 0 Å². The molecule has 1 saturated carbocycles. The van der Waals surface area contributed by atoms with Crippen LogP contribution < -0.4 is 16.1 Å². The minimum atomic E-state index is -0.149. The third-order valence-electron chi connectivity index (χ3n) is 8.59. The zero-order chi connectivity index (χ0) is 24.6. The van der Waals surface area contributed by atoms with Crippen molar-refractivity contribution in [1.29, 1.82) is 0 Å². The van der Waals surface area contributed by atoms with Gasteiger partial charge in [0.25, 0.3) is 0 Å². The highest BCUT2D eigenvalue weighted by atomic mass is 16.2. The third-order valence-corrected chi connectivity index (χ3v) is 8.59. The number of carbonyl (C=O) groups is 2. The van der Waals surface area contributed by atoms with Crippen LogP contribution in [0.5, 0.6) is 0 Å². The normalized spacial score (nSPS) is 33.7. The first-order valence-corrected chi connectivity index (χ1v) is 13.8. The minimum Gasteiger partial charge on any atom is -0.353 e. The first kappa shape index (κ1) is 25.6. The summed E-state index contributed by atoms with van der Waals surface area (Å²) in [7, 11) is 0. The summed E-state index contributed by atoms with van der Waals surface area (Å²) in [5.74, 6) is 0.931. The van der Waals surface area contributed by atoms with Crippen LogP contribution in [-0.2, 0) is 9.59 Å².